The molecule has 1 spiro atoms. The topological polar surface area (TPSA) is 84.3 Å². The van der Waals surface area contributed by atoms with Crippen LogP contribution < -0.4 is 15.8 Å². The number of aromatic nitrogens is 2. The van der Waals surface area contributed by atoms with E-state index < -0.39 is 17.4 Å². The lowest BCUT2D eigenvalue weighted by atomic mass is 9.75. The van der Waals surface area contributed by atoms with Crippen molar-refractivity contribution < 1.29 is 9.59 Å². The molecule has 4 heterocycles. The van der Waals surface area contributed by atoms with E-state index in [1.54, 1.807) is 10.6 Å². The number of hydrogen-bond donors (Lipinski definition) is 1. The van der Waals surface area contributed by atoms with E-state index >= 15 is 0 Å². The zero-order valence-corrected chi connectivity index (χ0v) is 22.4. The summed E-state index contributed by atoms with van der Waals surface area (Å²) >= 11 is 0. The fourth-order valence-corrected chi connectivity index (χ4v) is 7.26. The molecule has 2 saturated heterocycles. The first kappa shape index (κ1) is 24.0. The molecule has 0 aliphatic carbocycles. The molecule has 2 fully saturated rings. The molecule has 1 aromatic heterocycles. The van der Waals surface area contributed by atoms with E-state index in [1.165, 1.54) is 4.90 Å². The molecule has 4 aromatic rings. The summed E-state index contributed by atoms with van der Waals surface area (Å²) in [5.74, 6) is -0.985. The molecule has 0 bridgehead atoms. The van der Waals surface area contributed by atoms with Crippen LogP contribution >= 0.6 is 0 Å². The van der Waals surface area contributed by atoms with Crippen molar-refractivity contribution in [3.63, 3.8) is 0 Å². The van der Waals surface area contributed by atoms with Crippen molar-refractivity contribution in [3.05, 3.63) is 99.6 Å². The first-order valence-corrected chi connectivity index (χ1v) is 13.6. The summed E-state index contributed by atoms with van der Waals surface area (Å²) in [6.45, 7) is 8.19. The summed E-state index contributed by atoms with van der Waals surface area (Å²) in [6.07, 6.45) is 0.711. The normalized spacial score (nSPS) is 25.2. The SMILES string of the molecule is Cc1cc(C)cc(N2C(=O)[C@H]3[C@@H](CC(C)C)N[C@@]4(c5ccccc5-n5c4nc4ccccc4c5=O)[C@H]3C2=O)c1. The number of rotatable bonds is 3. The van der Waals surface area contributed by atoms with E-state index in [1.807, 2.05) is 74.5 Å². The van der Waals surface area contributed by atoms with Gasteiger partial charge in [0.05, 0.1) is 34.1 Å². The monoisotopic (exact) mass is 518 g/mol. The molecule has 7 rings (SSSR count). The molecular formula is C32H30N4O3. The molecule has 196 valence electrons. The number of aryl methyl sites for hydroxylation is 2. The van der Waals surface area contributed by atoms with E-state index in [2.05, 4.69) is 19.2 Å². The van der Waals surface area contributed by atoms with Crippen LogP contribution in [0, 0.1) is 31.6 Å². The minimum absolute atomic E-state index is 0.173. The fourth-order valence-electron chi connectivity index (χ4n) is 7.26. The van der Waals surface area contributed by atoms with E-state index in [9.17, 15) is 14.4 Å². The Bertz CT molecular complexity index is 1750. The molecule has 2 amide bonds. The first-order chi connectivity index (χ1) is 18.7. The second-order valence-electron chi connectivity index (χ2n) is 11.7. The average Bonchev–Trinajstić information content (AvgIpc) is 3.46. The molecule has 0 radical (unpaired) electrons. The van der Waals surface area contributed by atoms with Gasteiger partial charge in [-0.3, -0.25) is 24.3 Å². The van der Waals surface area contributed by atoms with Crippen molar-refractivity contribution in [2.45, 2.75) is 45.7 Å². The van der Waals surface area contributed by atoms with Gasteiger partial charge in [-0.1, -0.05) is 50.2 Å². The van der Waals surface area contributed by atoms with Crippen molar-refractivity contribution in [3.8, 4) is 5.69 Å². The fraction of sp³-hybridized carbons (Fsp3) is 0.312. The Balaban J connectivity index is 1.52. The highest BCUT2D eigenvalue weighted by Gasteiger charge is 2.69. The minimum atomic E-state index is -1.11. The number of hydrogen-bond acceptors (Lipinski definition) is 5. The summed E-state index contributed by atoms with van der Waals surface area (Å²) in [5, 5.41) is 4.29. The molecule has 1 N–H and O–H groups in total. The maximum atomic E-state index is 14.5. The molecule has 0 unspecified atom stereocenters. The highest BCUT2D eigenvalue weighted by Crippen LogP contribution is 2.56. The number of carbonyl (C=O) groups excluding carboxylic acids is 2. The number of anilines is 1. The van der Waals surface area contributed by atoms with Crippen LogP contribution in [-0.4, -0.2) is 27.4 Å². The minimum Gasteiger partial charge on any atom is -0.297 e. The van der Waals surface area contributed by atoms with Crippen LogP contribution in [0.1, 0.15) is 42.8 Å². The van der Waals surface area contributed by atoms with Gasteiger partial charge in [0.25, 0.3) is 5.56 Å². The lowest BCUT2D eigenvalue weighted by Gasteiger charge is -2.32. The second-order valence-corrected chi connectivity index (χ2v) is 11.7. The number of para-hydroxylation sites is 2. The third-order valence-corrected chi connectivity index (χ3v) is 8.55. The molecular weight excluding hydrogens is 488 g/mol. The molecule has 0 saturated carbocycles. The van der Waals surface area contributed by atoms with Crippen LogP contribution in [-0.2, 0) is 15.1 Å². The Morgan fingerprint density at radius 1 is 0.923 bits per heavy atom. The lowest BCUT2D eigenvalue weighted by Crippen LogP contribution is -2.50. The van der Waals surface area contributed by atoms with Gasteiger partial charge in [-0.15, -0.1) is 0 Å². The second kappa shape index (κ2) is 8.20. The first-order valence-electron chi connectivity index (χ1n) is 13.6. The van der Waals surface area contributed by atoms with Gasteiger partial charge in [0.1, 0.15) is 11.4 Å². The molecule has 3 aromatic carbocycles. The number of carbonyl (C=O) groups is 2. The van der Waals surface area contributed by atoms with Crippen molar-refractivity contribution >= 4 is 28.4 Å². The molecule has 4 atom stereocenters. The molecule has 39 heavy (non-hydrogen) atoms. The van der Waals surface area contributed by atoms with Crippen molar-refractivity contribution in [1.29, 1.82) is 0 Å². The van der Waals surface area contributed by atoms with Gasteiger partial charge in [-0.2, -0.15) is 0 Å². The van der Waals surface area contributed by atoms with E-state index in [0.29, 0.717) is 40.4 Å². The van der Waals surface area contributed by atoms with Crippen molar-refractivity contribution in [1.82, 2.24) is 14.9 Å². The Morgan fingerprint density at radius 3 is 2.36 bits per heavy atom. The number of amides is 2. The van der Waals surface area contributed by atoms with E-state index in [-0.39, 0.29) is 23.4 Å². The van der Waals surface area contributed by atoms with Gasteiger partial charge in [0.15, 0.2) is 0 Å². The maximum absolute atomic E-state index is 14.5. The zero-order valence-electron chi connectivity index (χ0n) is 22.4. The third kappa shape index (κ3) is 3.13. The Kier molecular flexibility index (Phi) is 5.04. The number of nitrogens with zero attached hydrogens (tertiary/aromatic N) is 3. The number of nitrogens with one attached hydrogen (secondary N) is 1. The predicted molar refractivity (Wildman–Crippen MR) is 150 cm³/mol. The third-order valence-electron chi connectivity index (χ3n) is 8.55. The van der Waals surface area contributed by atoms with Gasteiger partial charge in [-0.25, -0.2) is 9.88 Å². The summed E-state index contributed by atoms with van der Waals surface area (Å²) < 4.78 is 1.65. The van der Waals surface area contributed by atoms with Crippen LogP contribution in [0.3, 0.4) is 0 Å². The highest BCUT2D eigenvalue weighted by molar-refractivity contribution is 6.23. The molecule has 7 nitrogen and oxygen atoms in total. The predicted octanol–water partition coefficient (Wildman–Crippen LogP) is 4.38. The summed E-state index contributed by atoms with van der Waals surface area (Å²) in [4.78, 5) is 49.1. The van der Waals surface area contributed by atoms with Crippen LogP contribution in [0.2, 0.25) is 0 Å². The van der Waals surface area contributed by atoms with Gasteiger partial charge >= 0.3 is 0 Å². The Hall–Kier alpha value is -4.10. The number of imide groups is 1. The molecule has 3 aliphatic rings. The van der Waals surface area contributed by atoms with Crippen LogP contribution in [0.4, 0.5) is 5.69 Å². The maximum Gasteiger partial charge on any atom is 0.266 e. The van der Waals surface area contributed by atoms with Crippen molar-refractivity contribution in [2.24, 2.45) is 17.8 Å². The Labute approximate surface area is 226 Å². The largest absolute Gasteiger partial charge is 0.297 e. The highest BCUT2D eigenvalue weighted by atomic mass is 16.2. The standard InChI is InChI=1S/C32H30N4O3/c1-17(2)13-24-26-27(30(39)35(29(26)38)20-15-18(3)14-19(4)16-20)32(34-24)22-10-6-8-12-25(22)36-28(37)21-9-5-7-11-23(21)33-31(32)36/h5-12,14-17,24,26-27,34H,13H2,1-4H3/t24-,26+,27-,32+/m1/s1. The van der Waals surface area contributed by atoms with Crippen LogP contribution in [0.25, 0.3) is 16.6 Å². The van der Waals surface area contributed by atoms with Gasteiger partial charge in [-0.05, 0) is 67.6 Å². The van der Waals surface area contributed by atoms with Gasteiger partial charge in [0.2, 0.25) is 11.8 Å². The molecule has 3 aliphatic heterocycles. The Morgan fingerprint density at radius 2 is 1.62 bits per heavy atom. The quantitative estimate of drug-likeness (QED) is 0.407. The zero-order chi connectivity index (χ0) is 27.2. The van der Waals surface area contributed by atoms with E-state index in [4.69, 9.17) is 4.98 Å². The van der Waals surface area contributed by atoms with Crippen molar-refractivity contribution in [2.75, 3.05) is 4.90 Å². The summed E-state index contributed by atoms with van der Waals surface area (Å²) in [5.41, 5.74) is 3.40. The summed E-state index contributed by atoms with van der Waals surface area (Å²) in [6, 6.07) is 20.6. The molecule has 7 heteroatoms. The van der Waals surface area contributed by atoms with Gasteiger partial charge in [0, 0.05) is 11.6 Å². The van der Waals surface area contributed by atoms with Crippen LogP contribution in [0.15, 0.2) is 71.5 Å². The van der Waals surface area contributed by atoms with E-state index in [0.717, 1.165) is 16.7 Å². The summed E-state index contributed by atoms with van der Waals surface area (Å²) in [7, 11) is 0. The average molecular weight is 519 g/mol. The smallest absolute Gasteiger partial charge is 0.266 e. The van der Waals surface area contributed by atoms with Crippen LogP contribution in [0.5, 0.6) is 0 Å². The van der Waals surface area contributed by atoms with Gasteiger partial charge < -0.3 is 0 Å². The lowest BCUT2D eigenvalue weighted by molar-refractivity contribution is -0.123. The number of fused-ring (bicyclic) bond motifs is 8. The number of benzene rings is 3.